The molecule has 0 amide bonds. The fourth-order valence-electron chi connectivity index (χ4n) is 2.35. The third-order valence-electron chi connectivity index (χ3n) is 3.45. The second kappa shape index (κ2) is 7.06. The zero-order chi connectivity index (χ0) is 16.1. The third kappa shape index (κ3) is 4.06. The van der Waals surface area contributed by atoms with E-state index < -0.39 is 30.2 Å². The molecule has 2 rings (SSSR count). The van der Waals surface area contributed by atoms with Crippen LogP contribution in [0, 0.1) is 5.92 Å². The first kappa shape index (κ1) is 16.0. The summed E-state index contributed by atoms with van der Waals surface area (Å²) >= 11 is 0. The van der Waals surface area contributed by atoms with Crippen molar-refractivity contribution in [3.8, 4) is 11.8 Å². The van der Waals surface area contributed by atoms with Gasteiger partial charge in [-0.15, -0.1) is 4.73 Å². The van der Waals surface area contributed by atoms with Crippen LogP contribution in [0.2, 0.25) is 0 Å². The van der Waals surface area contributed by atoms with Crippen LogP contribution in [0.25, 0.3) is 0 Å². The number of aromatic hydroxyl groups is 2. The lowest BCUT2D eigenvalue weighted by molar-refractivity contribution is -0.174. The molecule has 0 saturated heterocycles. The van der Waals surface area contributed by atoms with Crippen molar-refractivity contribution in [2.75, 3.05) is 0 Å². The average Bonchev–Trinajstić information content (AvgIpc) is 2.79. The first-order valence-electron chi connectivity index (χ1n) is 7.16. The maximum atomic E-state index is 11.9. The summed E-state index contributed by atoms with van der Waals surface area (Å²) in [5.74, 6) is -1.50. The molecule has 1 unspecified atom stereocenters. The maximum absolute atomic E-state index is 11.9. The van der Waals surface area contributed by atoms with E-state index in [0.717, 1.165) is 44.2 Å². The Morgan fingerprint density at radius 1 is 1.14 bits per heavy atom. The number of esters is 1. The number of carbonyl (C=O) groups excluding carboxylic acids is 2. The molecule has 1 atom stereocenters. The zero-order valence-electron chi connectivity index (χ0n) is 12.2. The van der Waals surface area contributed by atoms with Gasteiger partial charge in [-0.05, 0) is 12.8 Å². The molecule has 0 bridgehead atoms. The van der Waals surface area contributed by atoms with Crippen LogP contribution in [0.3, 0.4) is 0 Å². The molecule has 1 aliphatic rings. The fourth-order valence-corrected chi connectivity index (χ4v) is 2.35. The summed E-state index contributed by atoms with van der Waals surface area (Å²) in [6.45, 7) is 1.39. The van der Waals surface area contributed by atoms with Crippen molar-refractivity contribution < 1.29 is 34.1 Å². The van der Waals surface area contributed by atoms with Gasteiger partial charge in [-0.3, -0.25) is 9.63 Å². The van der Waals surface area contributed by atoms with E-state index in [0.29, 0.717) is 4.73 Å². The van der Waals surface area contributed by atoms with Gasteiger partial charge in [0, 0.05) is 19.1 Å². The molecule has 0 spiro atoms. The topological polar surface area (TPSA) is 107 Å². The van der Waals surface area contributed by atoms with E-state index in [2.05, 4.69) is 4.84 Å². The minimum atomic E-state index is -1.22. The normalized spacial score (nSPS) is 16.8. The van der Waals surface area contributed by atoms with Crippen LogP contribution in [0.1, 0.15) is 39.0 Å². The average molecular weight is 313 g/mol. The molecule has 8 nitrogen and oxygen atoms in total. The predicted molar refractivity (Wildman–Crippen MR) is 73.0 cm³/mol. The minimum absolute atomic E-state index is 0.159. The van der Waals surface area contributed by atoms with Crippen molar-refractivity contribution in [2.24, 2.45) is 5.92 Å². The number of ether oxygens (including phenoxy) is 2. The quantitative estimate of drug-likeness (QED) is 0.646. The highest BCUT2D eigenvalue weighted by molar-refractivity contribution is 5.72. The summed E-state index contributed by atoms with van der Waals surface area (Å²) in [5.41, 5.74) is 0. The van der Waals surface area contributed by atoms with Crippen LogP contribution in [0.4, 0.5) is 4.79 Å². The van der Waals surface area contributed by atoms with E-state index in [9.17, 15) is 19.8 Å². The molecular formula is C14H19NO7. The second-order valence-electron chi connectivity index (χ2n) is 5.14. The van der Waals surface area contributed by atoms with Gasteiger partial charge in [-0.25, -0.2) is 4.79 Å². The molecular weight excluding hydrogens is 294 g/mol. The number of carbonyl (C=O) groups is 2. The fraction of sp³-hybridized carbons (Fsp3) is 0.571. The van der Waals surface area contributed by atoms with Crippen LogP contribution < -0.4 is 4.84 Å². The van der Waals surface area contributed by atoms with Gasteiger partial charge >= 0.3 is 12.1 Å². The van der Waals surface area contributed by atoms with Crippen molar-refractivity contribution in [1.29, 1.82) is 0 Å². The summed E-state index contributed by atoms with van der Waals surface area (Å²) in [4.78, 5) is 28.0. The number of rotatable bonds is 4. The van der Waals surface area contributed by atoms with Gasteiger partial charge in [0.1, 0.15) is 0 Å². The highest BCUT2D eigenvalue weighted by atomic mass is 16.9. The van der Waals surface area contributed by atoms with Crippen molar-refractivity contribution >= 4 is 12.1 Å². The minimum Gasteiger partial charge on any atom is -0.492 e. The standard InChI is InChI=1S/C14H19NO7/c1-9(20-13(18)10-5-3-2-4-6-10)21-14(19)22-15-11(16)7-8-12(15)17/h7-10,16-17H,2-6H2,1H3. The van der Waals surface area contributed by atoms with Gasteiger partial charge < -0.3 is 19.7 Å². The van der Waals surface area contributed by atoms with Crippen molar-refractivity contribution in [3.63, 3.8) is 0 Å². The summed E-state index contributed by atoms with van der Waals surface area (Å²) in [6.07, 6.45) is 2.31. The molecule has 0 aliphatic heterocycles. The van der Waals surface area contributed by atoms with E-state index in [4.69, 9.17) is 9.47 Å². The van der Waals surface area contributed by atoms with E-state index in [1.165, 1.54) is 6.92 Å². The van der Waals surface area contributed by atoms with Crippen LogP contribution in [-0.4, -0.2) is 33.4 Å². The Morgan fingerprint density at radius 3 is 2.32 bits per heavy atom. The lowest BCUT2D eigenvalue weighted by Gasteiger charge is -2.22. The van der Waals surface area contributed by atoms with E-state index >= 15 is 0 Å². The van der Waals surface area contributed by atoms with Crippen LogP contribution in [0.15, 0.2) is 12.1 Å². The number of aromatic nitrogens is 1. The molecule has 1 heterocycles. The smallest absolute Gasteiger partial charge is 0.492 e. The molecule has 122 valence electrons. The summed E-state index contributed by atoms with van der Waals surface area (Å²) in [6, 6.07) is 2.27. The Hall–Kier alpha value is -2.38. The molecule has 1 aromatic heterocycles. The largest absolute Gasteiger partial charge is 0.537 e. The van der Waals surface area contributed by atoms with E-state index in [1.54, 1.807) is 0 Å². The van der Waals surface area contributed by atoms with Gasteiger partial charge in [-0.1, -0.05) is 19.3 Å². The van der Waals surface area contributed by atoms with Gasteiger partial charge in [0.25, 0.3) is 0 Å². The Balaban J connectivity index is 1.79. The molecule has 1 aromatic rings. The second-order valence-corrected chi connectivity index (χ2v) is 5.14. The Bertz CT molecular complexity index is 514. The molecule has 8 heteroatoms. The molecule has 0 radical (unpaired) electrons. The first-order valence-corrected chi connectivity index (χ1v) is 7.16. The van der Waals surface area contributed by atoms with Gasteiger partial charge in [0.2, 0.25) is 18.1 Å². The predicted octanol–water partition coefficient (Wildman–Crippen LogP) is 1.93. The Labute approximate surface area is 127 Å². The lowest BCUT2D eigenvalue weighted by atomic mass is 9.89. The van der Waals surface area contributed by atoms with Crippen LogP contribution >= 0.6 is 0 Å². The van der Waals surface area contributed by atoms with Gasteiger partial charge in [0.15, 0.2) is 0 Å². The van der Waals surface area contributed by atoms with E-state index in [-0.39, 0.29) is 5.92 Å². The molecule has 0 aromatic carbocycles. The monoisotopic (exact) mass is 313 g/mol. The maximum Gasteiger partial charge on any atom is 0.537 e. The Morgan fingerprint density at radius 2 is 1.73 bits per heavy atom. The summed E-state index contributed by atoms with van der Waals surface area (Å²) in [5, 5.41) is 18.6. The highest BCUT2D eigenvalue weighted by Crippen LogP contribution is 2.25. The van der Waals surface area contributed by atoms with Crippen molar-refractivity contribution in [2.45, 2.75) is 45.3 Å². The lowest BCUT2D eigenvalue weighted by Crippen LogP contribution is -2.30. The number of nitrogens with zero attached hydrogens (tertiary/aromatic N) is 1. The van der Waals surface area contributed by atoms with Crippen molar-refractivity contribution in [3.05, 3.63) is 12.1 Å². The van der Waals surface area contributed by atoms with Gasteiger partial charge in [0.05, 0.1) is 5.92 Å². The molecule has 2 N–H and O–H groups in total. The zero-order valence-corrected chi connectivity index (χ0v) is 12.2. The first-order chi connectivity index (χ1) is 10.5. The third-order valence-corrected chi connectivity index (χ3v) is 3.45. The van der Waals surface area contributed by atoms with Crippen molar-refractivity contribution in [1.82, 2.24) is 4.73 Å². The number of hydrogen-bond donors (Lipinski definition) is 2. The van der Waals surface area contributed by atoms with Crippen LogP contribution in [-0.2, 0) is 14.3 Å². The molecule has 1 aliphatic carbocycles. The summed E-state index contributed by atoms with van der Waals surface area (Å²) < 4.78 is 10.3. The highest BCUT2D eigenvalue weighted by Gasteiger charge is 2.25. The molecule has 1 fully saturated rings. The summed E-state index contributed by atoms with van der Waals surface area (Å²) in [7, 11) is 0. The van der Waals surface area contributed by atoms with Gasteiger partial charge in [-0.2, -0.15) is 0 Å². The molecule has 22 heavy (non-hydrogen) atoms. The Kier molecular flexibility index (Phi) is 5.13. The SMILES string of the molecule is CC(OC(=O)On1c(O)ccc1O)OC(=O)C1CCCCC1. The molecule has 1 saturated carbocycles. The van der Waals surface area contributed by atoms with Crippen LogP contribution in [0.5, 0.6) is 11.8 Å². The number of hydrogen-bond acceptors (Lipinski definition) is 7. The van der Waals surface area contributed by atoms with E-state index in [1.807, 2.05) is 0 Å².